The molecule has 2 aliphatic rings. The fourth-order valence-electron chi connectivity index (χ4n) is 3.51. The molecule has 1 aromatic carbocycles. The van der Waals surface area contributed by atoms with Crippen molar-refractivity contribution in [3.05, 3.63) is 41.5 Å². The van der Waals surface area contributed by atoms with Crippen molar-refractivity contribution in [2.75, 3.05) is 5.73 Å². The molecule has 4 nitrogen and oxygen atoms in total. The normalized spacial score (nSPS) is 21.3. The van der Waals surface area contributed by atoms with E-state index in [0.29, 0.717) is 5.92 Å². The molecule has 0 amide bonds. The van der Waals surface area contributed by atoms with Gasteiger partial charge in [-0.1, -0.05) is 36.6 Å². The first kappa shape index (κ1) is 12.9. The number of hydrogen-bond acceptors (Lipinski definition) is 4. The monoisotopic (exact) mass is 283 g/mol. The van der Waals surface area contributed by atoms with Crippen LogP contribution in [0.1, 0.15) is 68.1 Å². The van der Waals surface area contributed by atoms with Crippen molar-refractivity contribution in [1.29, 1.82) is 0 Å². The van der Waals surface area contributed by atoms with Gasteiger partial charge in [0.15, 0.2) is 5.82 Å². The first-order valence-electron chi connectivity index (χ1n) is 7.98. The van der Waals surface area contributed by atoms with Crippen molar-refractivity contribution in [2.24, 2.45) is 0 Å². The molecule has 0 spiro atoms. The van der Waals surface area contributed by atoms with E-state index in [1.807, 2.05) is 12.1 Å². The summed E-state index contributed by atoms with van der Waals surface area (Å²) in [7, 11) is 0. The van der Waals surface area contributed by atoms with Crippen molar-refractivity contribution in [3.8, 4) is 0 Å². The summed E-state index contributed by atoms with van der Waals surface area (Å²) in [4.78, 5) is 4.76. The van der Waals surface area contributed by atoms with Crippen LogP contribution in [0.5, 0.6) is 0 Å². The molecular weight excluding hydrogens is 262 g/mol. The fourth-order valence-corrected chi connectivity index (χ4v) is 3.51. The highest BCUT2D eigenvalue weighted by atomic mass is 16.5. The molecule has 2 aromatic rings. The molecule has 110 valence electrons. The van der Waals surface area contributed by atoms with Gasteiger partial charge in [-0.2, -0.15) is 4.98 Å². The predicted molar refractivity (Wildman–Crippen MR) is 81.0 cm³/mol. The third-order valence-electron chi connectivity index (χ3n) is 5.03. The van der Waals surface area contributed by atoms with Crippen LogP contribution in [-0.4, -0.2) is 10.1 Å². The zero-order chi connectivity index (χ0) is 14.3. The Morgan fingerprint density at radius 1 is 1.05 bits per heavy atom. The Morgan fingerprint density at radius 2 is 1.76 bits per heavy atom. The van der Waals surface area contributed by atoms with Gasteiger partial charge < -0.3 is 10.3 Å². The zero-order valence-corrected chi connectivity index (χ0v) is 12.2. The van der Waals surface area contributed by atoms with E-state index in [2.05, 4.69) is 17.3 Å². The van der Waals surface area contributed by atoms with Crippen LogP contribution in [0, 0.1) is 0 Å². The highest BCUT2D eigenvalue weighted by Crippen LogP contribution is 2.53. The zero-order valence-electron chi connectivity index (χ0n) is 12.2. The summed E-state index contributed by atoms with van der Waals surface area (Å²) >= 11 is 0. The van der Waals surface area contributed by atoms with Crippen LogP contribution in [0.25, 0.3) is 0 Å². The average Bonchev–Trinajstić information content (AvgIpc) is 3.19. The van der Waals surface area contributed by atoms with Crippen LogP contribution in [0.3, 0.4) is 0 Å². The predicted octanol–water partition coefficient (Wildman–Crippen LogP) is 3.78. The van der Waals surface area contributed by atoms with Crippen molar-refractivity contribution in [3.63, 3.8) is 0 Å². The van der Waals surface area contributed by atoms with Crippen LogP contribution in [0.15, 0.2) is 28.8 Å². The number of nitrogen functional groups attached to an aromatic ring is 1. The van der Waals surface area contributed by atoms with E-state index in [1.54, 1.807) is 0 Å². The first-order chi connectivity index (χ1) is 10.3. The molecule has 2 aliphatic carbocycles. The Hall–Kier alpha value is -1.84. The molecule has 2 N–H and O–H groups in total. The summed E-state index contributed by atoms with van der Waals surface area (Å²) in [5.74, 6) is 2.22. The number of benzene rings is 1. The number of nitrogens with two attached hydrogens (primary N) is 1. The minimum absolute atomic E-state index is 0.0480. The van der Waals surface area contributed by atoms with Crippen LogP contribution < -0.4 is 5.73 Å². The first-order valence-corrected chi connectivity index (χ1v) is 7.98. The number of anilines is 1. The number of aromatic nitrogens is 2. The van der Waals surface area contributed by atoms with E-state index < -0.39 is 0 Å². The maximum Gasteiger partial charge on any atom is 0.237 e. The van der Waals surface area contributed by atoms with Crippen molar-refractivity contribution in [1.82, 2.24) is 10.1 Å². The van der Waals surface area contributed by atoms with Gasteiger partial charge in [0, 0.05) is 11.6 Å². The Kier molecular flexibility index (Phi) is 2.98. The lowest BCUT2D eigenvalue weighted by Gasteiger charge is -2.17. The minimum Gasteiger partial charge on any atom is -0.399 e. The molecule has 2 saturated carbocycles. The molecule has 0 bridgehead atoms. The summed E-state index contributed by atoms with van der Waals surface area (Å²) in [5, 5.41) is 4.28. The van der Waals surface area contributed by atoms with Gasteiger partial charge in [0.2, 0.25) is 5.89 Å². The van der Waals surface area contributed by atoms with E-state index in [-0.39, 0.29) is 5.41 Å². The summed E-state index contributed by atoms with van der Waals surface area (Å²) in [6, 6.07) is 8.08. The molecular formula is C17H21N3O. The van der Waals surface area contributed by atoms with Crippen molar-refractivity contribution < 1.29 is 4.52 Å². The van der Waals surface area contributed by atoms with Gasteiger partial charge in [0.1, 0.15) is 0 Å². The van der Waals surface area contributed by atoms with E-state index in [1.165, 1.54) is 37.7 Å². The Labute approximate surface area is 124 Å². The second-order valence-electron chi connectivity index (χ2n) is 6.50. The highest BCUT2D eigenvalue weighted by molar-refractivity contribution is 5.46. The third kappa shape index (κ3) is 2.23. The van der Waals surface area contributed by atoms with E-state index in [4.69, 9.17) is 15.2 Å². The van der Waals surface area contributed by atoms with E-state index in [9.17, 15) is 0 Å². The fraction of sp³-hybridized carbons (Fsp3) is 0.529. The molecule has 0 radical (unpaired) electrons. The highest BCUT2D eigenvalue weighted by Gasteiger charge is 2.51. The second-order valence-corrected chi connectivity index (χ2v) is 6.50. The smallest absolute Gasteiger partial charge is 0.237 e. The third-order valence-corrected chi connectivity index (χ3v) is 5.03. The average molecular weight is 283 g/mol. The summed E-state index contributed by atoms with van der Waals surface area (Å²) < 4.78 is 5.64. The van der Waals surface area contributed by atoms with Crippen molar-refractivity contribution in [2.45, 2.75) is 56.3 Å². The van der Waals surface area contributed by atoms with Gasteiger partial charge in [-0.3, -0.25) is 0 Å². The van der Waals surface area contributed by atoms with Crippen LogP contribution >= 0.6 is 0 Å². The van der Waals surface area contributed by atoms with E-state index >= 15 is 0 Å². The van der Waals surface area contributed by atoms with Gasteiger partial charge in [-0.25, -0.2) is 0 Å². The van der Waals surface area contributed by atoms with Crippen molar-refractivity contribution >= 4 is 5.69 Å². The second kappa shape index (κ2) is 4.86. The lowest BCUT2D eigenvalue weighted by Crippen LogP contribution is -2.10. The molecule has 2 fully saturated rings. The standard InChI is InChI=1S/C17H21N3O/c18-14-8-6-13(7-9-14)17(10-11-17)16-19-15(20-21-16)12-4-2-1-3-5-12/h6-9,12H,1-5,10-11,18H2. The Morgan fingerprint density at radius 3 is 2.43 bits per heavy atom. The number of hydrogen-bond donors (Lipinski definition) is 1. The minimum atomic E-state index is -0.0480. The summed E-state index contributed by atoms with van der Waals surface area (Å²) in [6.45, 7) is 0. The molecule has 4 heteroatoms. The van der Waals surface area contributed by atoms with Gasteiger partial charge in [-0.05, 0) is 43.4 Å². The molecule has 21 heavy (non-hydrogen) atoms. The Bertz CT molecular complexity index is 622. The molecule has 0 saturated heterocycles. The number of rotatable bonds is 3. The molecule has 0 aliphatic heterocycles. The topological polar surface area (TPSA) is 64.9 Å². The SMILES string of the molecule is Nc1ccc(C2(c3nc(C4CCCCC4)no3)CC2)cc1. The lowest BCUT2D eigenvalue weighted by molar-refractivity contribution is 0.345. The van der Waals surface area contributed by atoms with Crippen LogP contribution in [-0.2, 0) is 5.41 Å². The molecule has 0 atom stereocenters. The molecule has 1 aromatic heterocycles. The maximum atomic E-state index is 5.78. The number of nitrogens with zero attached hydrogens (tertiary/aromatic N) is 2. The van der Waals surface area contributed by atoms with Gasteiger partial charge in [-0.15, -0.1) is 0 Å². The lowest BCUT2D eigenvalue weighted by atomic mass is 9.89. The van der Waals surface area contributed by atoms with Crippen LogP contribution in [0.4, 0.5) is 5.69 Å². The Balaban J connectivity index is 1.61. The quantitative estimate of drug-likeness (QED) is 0.871. The van der Waals surface area contributed by atoms with Gasteiger partial charge >= 0.3 is 0 Å². The maximum absolute atomic E-state index is 5.78. The molecule has 4 rings (SSSR count). The molecule has 0 unspecified atom stereocenters. The van der Waals surface area contributed by atoms with E-state index in [0.717, 1.165) is 30.2 Å². The van der Waals surface area contributed by atoms with Crippen LogP contribution in [0.2, 0.25) is 0 Å². The largest absolute Gasteiger partial charge is 0.399 e. The molecule has 1 heterocycles. The summed E-state index contributed by atoms with van der Waals surface area (Å²) in [6.07, 6.45) is 8.50. The van der Waals surface area contributed by atoms with Gasteiger partial charge in [0.05, 0.1) is 5.41 Å². The summed E-state index contributed by atoms with van der Waals surface area (Å²) in [5.41, 5.74) is 7.77. The van der Waals surface area contributed by atoms with Gasteiger partial charge in [0.25, 0.3) is 0 Å².